The molecule has 0 spiro atoms. The smallest absolute Gasteiger partial charge is 0.152 e. The minimum Gasteiger partial charge on any atom is -0.319 e. The SMILES string of the molecule is CCS(=O)(=O)C[C@](C)(N)c1nc(Br)cs1. The fourth-order valence-corrected chi connectivity index (χ4v) is 3.81. The highest BCUT2D eigenvalue weighted by molar-refractivity contribution is 9.10. The predicted octanol–water partition coefficient (Wildman–Crippen LogP) is 1.51. The Kier molecular flexibility index (Phi) is 3.91. The van der Waals surface area contributed by atoms with Gasteiger partial charge in [-0.15, -0.1) is 11.3 Å². The van der Waals surface area contributed by atoms with Gasteiger partial charge in [0.15, 0.2) is 9.84 Å². The molecule has 0 aliphatic carbocycles. The molecule has 0 amide bonds. The van der Waals surface area contributed by atoms with Crippen LogP contribution in [0.15, 0.2) is 9.98 Å². The maximum Gasteiger partial charge on any atom is 0.152 e. The first-order valence-corrected chi connectivity index (χ1v) is 7.87. The summed E-state index contributed by atoms with van der Waals surface area (Å²) < 4.78 is 23.6. The van der Waals surface area contributed by atoms with Gasteiger partial charge in [0.1, 0.15) is 9.61 Å². The molecule has 0 bridgehead atoms. The summed E-state index contributed by atoms with van der Waals surface area (Å²) in [4.78, 5) is 4.15. The molecule has 1 aromatic rings. The topological polar surface area (TPSA) is 73.0 Å². The van der Waals surface area contributed by atoms with Crippen LogP contribution in [0.3, 0.4) is 0 Å². The van der Waals surface area contributed by atoms with Crippen LogP contribution >= 0.6 is 27.3 Å². The summed E-state index contributed by atoms with van der Waals surface area (Å²) in [5.41, 5.74) is 5.05. The normalized spacial score (nSPS) is 16.3. The first-order chi connectivity index (χ1) is 6.77. The number of halogens is 1. The van der Waals surface area contributed by atoms with Crippen molar-refractivity contribution < 1.29 is 8.42 Å². The number of nitrogens with zero attached hydrogens (tertiary/aromatic N) is 1. The van der Waals surface area contributed by atoms with Crippen molar-refractivity contribution >= 4 is 37.1 Å². The lowest BCUT2D eigenvalue weighted by atomic mass is 10.1. The van der Waals surface area contributed by atoms with E-state index in [4.69, 9.17) is 5.73 Å². The van der Waals surface area contributed by atoms with Crippen molar-refractivity contribution in [1.82, 2.24) is 4.98 Å². The zero-order valence-electron chi connectivity index (χ0n) is 8.53. The van der Waals surface area contributed by atoms with Gasteiger partial charge < -0.3 is 5.73 Å². The molecule has 0 radical (unpaired) electrons. The number of nitrogens with two attached hydrogens (primary N) is 1. The third-order valence-corrected chi connectivity index (χ3v) is 5.67. The Morgan fingerprint density at radius 2 is 2.27 bits per heavy atom. The number of rotatable bonds is 4. The number of thiazole rings is 1. The summed E-state index contributed by atoms with van der Waals surface area (Å²) in [6, 6.07) is 0. The van der Waals surface area contributed by atoms with Crippen LogP contribution in [0.4, 0.5) is 0 Å². The van der Waals surface area contributed by atoms with Gasteiger partial charge in [0.2, 0.25) is 0 Å². The summed E-state index contributed by atoms with van der Waals surface area (Å²) in [5.74, 6) is 0.0305. The molecule has 0 unspecified atom stereocenters. The zero-order chi connectivity index (χ0) is 11.7. The van der Waals surface area contributed by atoms with Crippen molar-refractivity contribution in [3.05, 3.63) is 15.0 Å². The van der Waals surface area contributed by atoms with Gasteiger partial charge in [-0.2, -0.15) is 0 Å². The molecule has 2 N–H and O–H groups in total. The van der Waals surface area contributed by atoms with Crippen molar-refractivity contribution in [2.24, 2.45) is 5.73 Å². The zero-order valence-corrected chi connectivity index (χ0v) is 11.7. The Morgan fingerprint density at radius 1 is 1.67 bits per heavy atom. The lowest BCUT2D eigenvalue weighted by Gasteiger charge is -2.21. The van der Waals surface area contributed by atoms with E-state index in [1.54, 1.807) is 19.2 Å². The molecular weight excluding hydrogens is 300 g/mol. The van der Waals surface area contributed by atoms with Gasteiger partial charge in [0.25, 0.3) is 0 Å². The Hall–Kier alpha value is 0.0200. The van der Waals surface area contributed by atoms with Crippen LogP contribution in [0, 0.1) is 0 Å². The van der Waals surface area contributed by atoms with Crippen LogP contribution in [0.2, 0.25) is 0 Å². The van der Waals surface area contributed by atoms with Gasteiger partial charge in [-0.3, -0.25) is 0 Å². The Balaban J connectivity index is 2.94. The second kappa shape index (κ2) is 4.48. The number of hydrogen-bond acceptors (Lipinski definition) is 5. The fourth-order valence-electron chi connectivity index (χ4n) is 1.14. The van der Waals surface area contributed by atoms with Crippen LogP contribution < -0.4 is 5.73 Å². The van der Waals surface area contributed by atoms with Crippen molar-refractivity contribution in [1.29, 1.82) is 0 Å². The van der Waals surface area contributed by atoms with E-state index >= 15 is 0 Å². The van der Waals surface area contributed by atoms with Crippen LogP contribution in [0.25, 0.3) is 0 Å². The van der Waals surface area contributed by atoms with E-state index in [0.717, 1.165) is 0 Å². The molecule has 7 heteroatoms. The molecule has 4 nitrogen and oxygen atoms in total. The Bertz CT molecular complexity index is 439. The molecule has 0 aliphatic rings. The summed E-state index contributed by atoms with van der Waals surface area (Å²) >= 11 is 4.58. The van der Waals surface area contributed by atoms with Crippen molar-refractivity contribution in [3.8, 4) is 0 Å². The molecule has 0 fully saturated rings. The number of aromatic nitrogens is 1. The van der Waals surface area contributed by atoms with E-state index in [9.17, 15) is 8.42 Å². The largest absolute Gasteiger partial charge is 0.319 e. The molecule has 1 atom stereocenters. The lowest BCUT2D eigenvalue weighted by Crippen LogP contribution is -2.40. The first-order valence-electron chi connectivity index (χ1n) is 4.37. The quantitative estimate of drug-likeness (QED) is 0.914. The average molecular weight is 313 g/mol. The second-order valence-electron chi connectivity index (χ2n) is 3.57. The lowest BCUT2D eigenvalue weighted by molar-refractivity contribution is 0.526. The molecular formula is C8H13BrN2O2S2. The van der Waals surface area contributed by atoms with Gasteiger partial charge in [0, 0.05) is 11.1 Å². The van der Waals surface area contributed by atoms with Gasteiger partial charge in [0.05, 0.1) is 11.3 Å². The molecule has 0 aliphatic heterocycles. The summed E-state index contributed by atoms with van der Waals surface area (Å²) in [6.07, 6.45) is 0. The first kappa shape index (κ1) is 13.1. The van der Waals surface area contributed by atoms with Gasteiger partial charge >= 0.3 is 0 Å². The number of sulfone groups is 1. The third kappa shape index (κ3) is 3.51. The van der Waals surface area contributed by atoms with E-state index in [2.05, 4.69) is 20.9 Å². The van der Waals surface area contributed by atoms with Crippen molar-refractivity contribution in [3.63, 3.8) is 0 Å². The Morgan fingerprint density at radius 3 is 2.67 bits per heavy atom. The minimum absolute atomic E-state index is 0.0730. The number of hydrogen-bond donors (Lipinski definition) is 1. The fraction of sp³-hybridized carbons (Fsp3) is 0.625. The highest BCUT2D eigenvalue weighted by atomic mass is 79.9. The van der Waals surface area contributed by atoms with Crippen LogP contribution in [0.5, 0.6) is 0 Å². The molecule has 0 aromatic carbocycles. The van der Waals surface area contributed by atoms with Crippen molar-refractivity contribution in [2.75, 3.05) is 11.5 Å². The monoisotopic (exact) mass is 312 g/mol. The highest BCUT2D eigenvalue weighted by Crippen LogP contribution is 2.25. The summed E-state index contributed by atoms with van der Waals surface area (Å²) in [6.45, 7) is 3.30. The molecule has 0 saturated heterocycles. The predicted molar refractivity (Wildman–Crippen MR) is 65.7 cm³/mol. The van der Waals surface area contributed by atoms with E-state index in [-0.39, 0.29) is 11.5 Å². The summed E-state index contributed by atoms with van der Waals surface area (Å²) in [7, 11) is -3.09. The van der Waals surface area contributed by atoms with E-state index in [1.165, 1.54) is 11.3 Å². The molecule has 86 valence electrons. The molecule has 1 heterocycles. The van der Waals surface area contributed by atoms with Crippen LogP contribution in [0.1, 0.15) is 18.9 Å². The maximum atomic E-state index is 11.5. The van der Waals surface area contributed by atoms with Crippen LogP contribution in [-0.4, -0.2) is 24.9 Å². The molecule has 1 aromatic heterocycles. The van der Waals surface area contributed by atoms with Crippen molar-refractivity contribution in [2.45, 2.75) is 19.4 Å². The maximum absolute atomic E-state index is 11.5. The van der Waals surface area contributed by atoms with E-state index < -0.39 is 15.4 Å². The highest BCUT2D eigenvalue weighted by Gasteiger charge is 2.30. The summed E-state index contributed by atoms with van der Waals surface area (Å²) in [5, 5.41) is 2.42. The van der Waals surface area contributed by atoms with Crippen LogP contribution in [-0.2, 0) is 15.4 Å². The standard InChI is InChI=1S/C8H13BrN2O2S2/c1-3-15(12,13)5-8(2,10)7-11-6(9)4-14-7/h4H,3,5,10H2,1-2H3/t8-/m0/s1. The van der Waals surface area contributed by atoms with Gasteiger partial charge in [-0.05, 0) is 22.9 Å². The van der Waals surface area contributed by atoms with E-state index in [0.29, 0.717) is 9.61 Å². The average Bonchev–Trinajstić information content (AvgIpc) is 2.51. The minimum atomic E-state index is -3.09. The Labute approximate surface area is 102 Å². The third-order valence-electron chi connectivity index (χ3n) is 1.92. The van der Waals surface area contributed by atoms with E-state index in [1.807, 2.05) is 0 Å². The molecule has 0 saturated carbocycles. The second-order valence-corrected chi connectivity index (χ2v) is 7.59. The van der Waals surface area contributed by atoms with Gasteiger partial charge in [-0.25, -0.2) is 13.4 Å². The molecule has 15 heavy (non-hydrogen) atoms. The van der Waals surface area contributed by atoms with Gasteiger partial charge in [-0.1, -0.05) is 6.92 Å². The molecule has 1 rings (SSSR count).